The number of nitrogens with zero attached hydrogens (tertiary/aromatic N) is 5. The van der Waals surface area contributed by atoms with E-state index in [4.69, 9.17) is 21.6 Å². The highest BCUT2D eigenvalue weighted by Gasteiger charge is 2.22. The van der Waals surface area contributed by atoms with Crippen LogP contribution in [-0.4, -0.2) is 71.6 Å². The lowest BCUT2D eigenvalue weighted by Gasteiger charge is -2.29. The molecule has 1 saturated heterocycles. The Balaban J connectivity index is 1.26. The van der Waals surface area contributed by atoms with E-state index in [9.17, 15) is 4.79 Å². The number of carbonyl (C=O) groups is 1. The van der Waals surface area contributed by atoms with Crippen LogP contribution >= 0.6 is 22.9 Å². The highest BCUT2D eigenvalue weighted by atomic mass is 35.5. The van der Waals surface area contributed by atoms with Crippen LogP contribution in [0.3, 0.4) is 0 Å². The van der Waals surface area contributed by atoms with Crippen molar-refractivity contribution in [1.82, 2.24) is 30.5 Å². The topological polar surface area (TPSA) is 86.3 Å². The van der Waals surface area contributed by atoms with Gasteiger partial charge in [0.2, 0.25) is 0 Å². The van der Waals surface area contributed by atoms with Crippen LogP contribution in [0.25, 0.3) is 10.6 Å². The maximum Gasteiger partial charge on any atom is 0.261 e. The average molecular weight is 498 g/mol. The lowest BCUT2D eigenvalue weighted by molar-refractivity contribution is 0.0951. The average Bonchev–Trinajstić information content (AvgIpc) is 3.37. The third-order valence-electron chi connectivity index (χ3n) is 6.17. The zero-order chi connectivity index (χ0) is 23.3. The number of aromatic nitrogens is 3. The number of halogens is 1. The third kappa shape index (κ3) is 5.38. The van der Waals surface area contributed by atoms with E-state index >= 15 is 0 Å². The number of nitrogens with one attached hydrogen (secondary N) is 2. The van der Waals surface area contributed by atoms with Crippen molar-refractivity contribution in [3.05, 3.63) is 57.9 Å². The summed E-state index contributed by atoms with van der Waals surface area (Å²) in [5, 5.41) is 6.91. The van der Waals surface area contributed by atoms with Crippen LogP contribution in [0.15, 0.2) is 36.7 Å². The van der Waals surface area contributed by atoms with Crippen molar-refractivity contribution in [2.24, 2.45) is 0 Å². The number of piperazine rings is 1. The van der Waals surface area contributed by atoms with Crippen molar-refractivity contribution in [2.75, 3.05) is 50.7 Å². The van der Waals surface area contributed by atoms with Gasteiger partial charge in [0.25, 0.3) is 5.91 Å². The first kappa shape index (κ1) is 23.2. The maximum atomic E-state index is 12.7. The predicted octanol–water partition coefficient (Wildman–Crippen LogP) is 2.84. The Morgan fingerprint density at radius 2 is 2.06 bits per heavy atom. The molecule has 0 aromatic carbocycles. The monoisotopic (exact) mass is 497 g/mol. The molecule has 5 rings (SSSR count). The summed E-state index contributed by atoms with van der Waals surface area (Å²) in [5.41, 5.74) is 2.75. The van der Waals surface area contributed by atoms with Crippen molar-refractivity contribution >= 4 is 34.7 Å². The lowest BCUT2D eigenvalue weighted by atomic mass is 10.1. The number of pyridine rings is 1. The minimum atomic E-state index is -0.0369. The van der Waals surface area contributed by atoms with E-state index in [2.05, 4.69) is 25.4 Å². The first-order valence-corrected chi connectivity index (χ1v) is 12.9. The van der Waals surface area contributed by atoms with Gasteiger partial charge in [0.15, 0.2) is 5.82 Å². The summed E-state index contributed by atoms with van der Waals surface area (Å²) >= 11 is 7.75. The number of rotatable bonds is 7. The van der Waals surface area contributed by atoms with E-state index in [1.807, 2.05) is 30.5 Å². The van der Waals surface area contributed by atoms with Crippen molar-refractivity contribution < 1.29 is 4.79 Å². The number of amides is 1. The predicted molar refractivity (Wildman–Crippen MR) is 136 cm³/mol. The molecule has 5 heterocycles. The van der Waals surface area contributed by atoms with E-state index in [1.54, 1.807) is 6.20 Å². The fraction of sp³-hybridized carbons (Fsp3) is 0.417. The van der Waals surface area contributed by atoms with Crippen molar-refractivity contribution in [3.63, 3.8) is 0 Å². The minimum Gasteiger partial charge on any atom is -0.351 e. The van der Waals surface area contributed by atoms with Crippen molar-refractivity contribution in [3.8, 4) is 10.6 Å². The summed E-state index contributed by atoms with van der Waals surface area (Å²) in [5.74, 6) is 0.851. The van der Waals surface area contributed by atoms with Gasteiger partial charge in [-0.2, -0.15) is 0 Å². The van der Waals surface area contributed by atoms with Gasteiger partial charge in [0.05, 0.1) is 21.6 Å². The van der Waals surface area contributed by atoms with Gasteiger partial charge >= 0.3 is 0 Å². The number of thiophene rings is 1. The summed E-state index contributed by atoms with van der Waals surface area (Å²) in [7, 11) is 0. The number of anilines is 1. The zero-order valence-electron chi connectivity index (χ0n) is 19.0. The molecule has 1 amide bonds. The highest BCUT2D eigenvalue weighted by molar-refractivity contribution is 7.17. The standard InChI is InChI=1S/C24H28ClN7OS/c25-22-17(3-1-7-27-22)16-32-11-2-4-18-23(32)30-19(15-29-18)20-5-6-21(34-20)24(33)28-10-14-31-12-8-26-9-13-31/h1,3,5-7,15,26H,2,4,8-14,16H2,(H,28,33). The largest absolute Gasteiger partial charge is 0.351 e. The summed E-state index contributed by atoms with van der Waals surface area (Å²) in [6.07, 6.45) is 5.45. The molecule has 2 N–H and O–H groups in total. The third-order valence-corrected chi connectivity index (χ3v) is 7.62. The van der Waals surface area contributed by atoms with Gasteiger partial charge in [0.1, 0.15) is 10.8 Å². The van der Waals surface area contributed by atoms with Crippen LogP contribution in [0.1, 0.15) is 27.3 Å². The Labute approximate surface area is 208 Å². The first-order chi connectivity index (χ1) is 16.7. The van der Waals surface area contributed by atoms with Gasteiger partial charge in [0, 0.05) is 64.1 Å². The summed E-state index contributed by atoms with van der Waals surface area (Å²) in [6, 6.07) is 7.72. The van der Waals surface area contributed by atoms with Crippen LogP contribution in [0, 0.1) is 0 Å². The maximum absolute atomic E-state index is 12.7. The molecule has 0 saturated carbocycles. The number of hydrogen-bond acceptors (Lipinski definition) is 8. The second kappa shape index (κ2) is 10.8. The number of hydrogen-bond donors (Lipinski definition) is 2. The van der Waals surface area contributed by atoms with E-state index in [1.165, 1.54) is 11.3 Å². The van der Waals surface area contributed by atoms with Crippen LogP contribution < -0.4 is 15.5 Å². The van der Waals surface area contributed by atoms with Gasteiger partial charge in [-0.3, -0.25) is 14.7 Å². The van der Waals surface area contributed by atoms with E-state index in [0.29, 0.717) is 23.1 Å². The molecule has 0 bridgehead atoms. The number of carbonyl (C=O) groups excluding carboxylic acids is 1. The molecule has 0 atom stereocenters. The molecule has 2 aliphatic rings. The molecule has 10 heteroatoms. The van der Waals surface area contributed by atoms with Gasteiger partial charge in [-0.25, -0.2) is 9.97 Å². The van der Waals surface area contributed by atoms with Crippen LogP contribution in [0.4, 0.5) is 5.82 Å². The van der Waals surface area contributed by atoms with E-state index in [-0.39, 0.29) is 5.91 Å². The molecular weight excluding hydrogens is 470 g/mol. The summed E-state index contributed by atoms with van der Waals surface area (Å²) in [6.45, 7) is 7.13. The molecule has 3 aromatic rings. The molecule has 0 radical (unpaired) electrons. The van der Waals surface area contributed by atoms with Gasteiger partial charge in [-0.15, -0.1) is 11.3 Å². The number of fused-ring (bicyclic) bond motifs is 1. The van der Waals surface area contributed by atoms with Crippen LogP contribution in [0.2, 0.25) is 5.15 Å². The molecule has 2 aliphatic heterocycles. The highest BCUT2D eigenvalue weighted by Crippen LogP contribution is 2.32. The van der Waals surface area contributed by atoms with Crippen LogP contribution in [-0.2, 0) is 13.0 Å². The molecule has 0 aliphatic carbocycles. The fourth-order valence-electron chi connectivity index (χ4n) is 4.34. The Hall–Kier alpha value is -2.59. The zero-order valence-corrected chi connectivity index (χ0v) is 20.5. The summed E-state index contributed by atoms with van der Waals surface area (Å²) in [4.78, 5) is 32.7. The molecule has 34 heavy (non-hydrogen) atoms. The molecule has 3 aromatic heterocycles. The SMILES string of the molecule is O=C(NCCN1CCNCC1)c1ccc(-c2cnc3c(n2)N(Cc2cccnc2Cl)CCC3)s1. The molecule has 8 nitrogen and oxygen atoms in total. The van der Waals surface area contributed by atoms with Gasteiger partial charge in [-0.1, -0.05) is 17.7 Å². The second-order valence-corrected chi connectivity index (χ2v) is 9.96. The molecule has 0 unspecified atom stereocenters. The Morgan fingerprint density at radius 1 is 1.18 bits per heavy atom. The molecular formula is C24H28ClN7OS. The number of aryl methyl sites for hydroxylation is 1. The molecule has 1 fully saturated rings. The Bertz CT molecular complexity index is 1150. The smallest absolute Gasteiger partial charge is 0.261 e. The molecule has 0 spiro atoms. The first-order valence-electron chi connectivity index (χ1n) is 11.7. The molecule has 178 valence electrons. The van der Waals surface area contributed by atoms with E-state index < -0.39 is 0 Å². The Kier molecular flexibility index (Phi) is 7.34. The summed E-state index contributed by atoms with van der Waals surface area (Å²) < 4.78 is 0. The van der Waals surface area contributed by atoms with Crippen LogP contribution in [0.5, 0.6) is 0 Å². The quantitative estimate of drug-likeness (QED) is 0.485. The van der Waals surface area contributed by atoms with E-state index in [0.717, 1.165) is 79.8 Å². The van der Waals surface area contributed by atoms with Crippen molar-refractivity contribution in [1.29, 1.82) is 0 Å². The van der Waals surface area contributed by atoms with Crippen molar-refractivity contribution in [2.45, 2.75) is 19.4 Å². The lowest BCUT2D eigenvalue weighted by Crippen LogP contribution is -2.46. The van der Waals surface area contributed by atoms with Gasteiger partial charge < -0.3 is 15.5 Å². The minimum absolute atomic E-state index is 0.0369. The van der Waals surface area contributed by atoms with Gasteiger partial charge in [-0.05, 0) is 31.0 Å². The Morgan fingerprint density at radius 3 is 2.91 bits per heavy atom. The second-order valence-electron chi connectivity index (χ2n) is 8.52. The fourth-order valence-corrected chi connectivity index (χ4v) is 5.40. The normalized spacial score (nSPS) is 16.3.